The van der Waals surface area contributed by atoms with E-state index in [9.17, 15) is 6.85 Å². The molecule has 0 fully saturated rings. The van der Waals surface area contributed by atoms with Gasteiger partial charge in [-0.15, -0.1) is 0 Å². The van der Waals surface area contributed by atoms with E-state index in [4.69, 9.17) is 34.4 Å². The summed E-state index contributed by atoms with van der Waals surface area (Å²) in [4.78, 5) is 14.6. The number of fused-ring (bicyclic) bond motifs is 6. The minimum Gasteiger partial charge on any atom is -0.456 e. The summed E-state index contributed by atoms with van der Waals surface area (Å²) in [5, 5.41) is 1.29. The Labute approximate surface area is 345 Å². The first-order valence-electron chi connectivity index (χ1n) is 25.5. The van der Waals surface area contributed by atoms with E-state index in [-0.39, 0.29) is 33.2 Å². The molecule has 0 atom stereocenters. The lowest BCUT2D eigenvalue weighted by Gasteiger charge is -2.11. The Morgan fingerprint density at radius 1 is 0.393 bits per heavy atom. The summed E-state index contributed by atoms with van der Waals surface area (Å²) in [6, 6.07) is 17.7. The largest absolute Gasteiger partial charge is 0.456 e. The van der Waals surface area contributed by atoms with Crippen molar-refractivity contribution < 1.29 is 26.3 Å². The fourth-order valence-corrected chi connectivity index (χ4v) is 6.80. The second-order valence-corrected chi connectivity index (χ2v) is 12.8. The predicted molar refractivity (Wildman–Crippen MR) is 229 cm³/mol. The predicted octanol–water partition coefficient (Wildman–Crippen LogP) is 13.2. The van der Waals surface area contributed by atoms with Gasteiger partial charge in [-0.05, 0) is 64.6 Å². The van der Waals surface area contributed by atoms with Gasteiger partial charge in [-0.3, -0.25) is 0 Å². The summed E-state index contributed by atoms with van der Waals surface area (Å²) in [5.74, 6) is 1.02. The third-order valence-corrected chi connectivity index (χ3v) is 9.48. The third-order valence-electron chi connectivity index (χ3n) is 9.48. The molecule has 0 radical (unpaired) electrons. The smallest absolute Gasteiger partial charge is 0.164 e. The second kappa shape index (κ2) is 13.0. The lowest BCUT2D eigenvalue weighted by atomic mass is 10.0. The lowest BCUT2D eigenvalue weighted by molar-refractivity contribution is 0.669. The first-order chi connectivity index (χ1) is 34.4. The molecule has 56 heavy (non-hydrogen) atoms. The molecule has 0 saturated heterocycles. The number of rotatable bonds is 6. The Kier molecular flexibility index (Phi) is 4.57. The molecule has 262 valence electrons. The number of nitrogens with zero attached hydrogens (tertiary/aromatic N) is 4. The molecule has 0 aliphatic heterocycles. The Bertz CT molecular complexity index is 4120. The fraction of sp³-hybridized carbons (Fsp3) is 0. The molecule has 11 rings (SSSR count). The fourth-order valence-electron chi connectivity index (χ4n) is 6.80. The van der Waals surface area contributed by atoms with Crippen LogP contribution in [0.5, 0.6) is 0 Å². The van der Waals surface area contributed by atoms with Crippen molar-refractivity contribution in [2.24, 2.45) is 0 Å². The van der Waals surface area contributed by atoms with Crippen molar-refractivity contribution in [3.63, 3.8) is 0 Å². The zero-order chi connectivity index (χ0) is 50.9. The van der Waals surface area contributed by atoms with Gasteiger partial charge in [-0.1, -0.05) is 151 Å². The van der Waals surface area contributed by atoms with Crippen molar-refractivity contribution in [1.82, 2.24) is 19.5 Å². The molecule has 0 amide bonds. The molecule has 0 bridgehead atoms. The molecule has 0 saturated carbocycles. The summed E-state index contributed by atoms with van der Waals surface area (Å²) in [5.41, 5.74) is 0.816. The van der Waals surface area contributed by atoms with Crippen molar-refractivity contribution in [3.8, 4) is 62.1 Å². The molecular formula is C51H32N4O. The van der Waals surface area contributed by atoms with E-state index in [0.717, 1.165) is 26.5 Å². The second-order valence-electron chi connectivity index (χ2n) is 12.8. The van der Waals surface area contributed by atoms with Crippen LogP contribution >= 0.6 is 0 Å². The molecule has 8 aromatic carbocycles. The zero-order valence-electron chi connectivity index (χ0n) is 44.9. The molecule has 0 aliphatic carbocycles. The van der Waals surface area contributed by atoms with Gasteiger partial charge in [0, 0.05) is 43.9 Å². The Hall–Kier alpha value is -7.63. The van der Waals surface area contributed by atoms with Gasteiger partial charge in [0.05, 0.1) is 33.0 Å². The quantitative estimate of drug-likeness (QED) is 0.171. The number of para-hydroxylation sites is 2. The van der Waals surface area contributed by atoms with Crippen molar-refractivity contribution in [1.29, 1.82) is 0 Å². The minimum absolute atomic E-state index is 0.134. The van der Waals surface area contributed by atoms with Crippen LogP contribution < -0.4 is 0 Å². The zero-order valence-corrected chi connectivity index (χ0v) is 28.9. The minimum atomic E-state index is -0.849. The maximum absolute atomic E-state index is 9.79. The number of hydrogen-bond donors (Lipinski definition) is 0. The number of hydrogen-bond acceptors (Lipinski definition) is 4. The first kappa shape index (κ1) is 19.6. The standard InChI is InChI=1S/C51H32N4O/c1-3-11-33(12-4-1)34-23-27-40(28-24-34)55-45-17-9-7-15-41(45)42-29-25-38(31-46(42)55)35-19-21-37(22-20-35)50-52-49(36-13-5-2-6-14-36)53-51(54-50)39-26-30-44-43-16-8-10-18-47(43)56-48(44)32-39/h1-32H/i1D,3D,4D,7D,9D,11D,12D,15D,17D,23D,24D,25D,27D,28D,29D,31D. The maximum Gasteiger partial charge on any atom is 0.164 e. The van der Waals surface area contributed by atoms with E-state index in [1.54, 1.807) is 24.3 Å². The maximum atomic E-state index is 9.79. The highest BCUT2D eigenvalue weighted by Crippen LogP contribution is 2.37. The van der Waals surface area contributed by atoms with Crippen molar-refractivity contribution in [3.05, 3.63) is 194 Å². The van der Waals surface area contributed by atoms with Gasteiger partial charge in [0.25, 0.3) is 0 Å². The van der Waals surface area contributed by atoms with Gasteiger partial charge in [0.15, 0.2) is 17.5 Å². The molecule has 0 unspecified atom stereocenters. The highest BCUT2D eigenvalue weighted by molar-refractivity contribution is 6.10. The summed E-state index contributed by atoms with van der Waals surface area (Å²) in [6.45, 7) is 0. The molecule has 3 aromatic heterocycles. The molecule has 0 spiro atoms. The molecule has 5 heteroatoms. The molecule has 5 nitrogen and oxygen atoms in total. The number of benzene rings is 8. The summed E-state index contributed by atoms with van der Waals surface area (Å²) in [6.07, 6.45) is 0. The van der Waals surface area contributed by atoms with E-state index >= 15 is 0 Å². The first-order valence-corrected chi connectivity index (χ1v) is 17.5. The molecule has 0 N–H and O–H groups in total. The van der Waals surface area contributed by atoms with Crippen LogP contribution in [0.2, 0.25) is 0 Å². The van der Waals surface area contributed by atoms with E-state index in [1.165, 1.54) is 0 Å². The van der Waals surface area contributed by atoms with Crippen LogP contribution in [0.3, 0.4) is 0 Å². The van der Waals surface area contributed by atoms with Gasteiger partial charge in [-0.2, -0.15) is 0 Å². The number of furan rings is 1. The Morgan fingerprint density at radius 2 is 0.982 bits per heavy atom. The van der Waals surface area contributed by atoms with Crippen molar-refractivity contribution in [2.45, 2.75) is 0 Å². The SMILES string of the molecule is [2H]c1c([2H])c([2H])c(-c2c([2H])c([2H])c(-n3c4c([2H])c([2H])c([2H])c([2H])c4c4c([2H])c([2H])c(-c5ccc(-c6nc(-c7ccccc7)nc(-c7ccc8c(c7)oc7ccccc78)n6)cc5)c([2H])c43)c([2H])c2[2H])c([2H])c1[2H]. The van der Waals surface area contributed by atoms with Crippen LogP contribution in [0.4, 0.5) is 0 Å². The summed E-state index contributed by atoms with van der Waals surface area (Å²) >= 11 is 0. The average molecular weight is 733 g/mol. The molecule has 3 heterocycles. The normalized spacial score (nSPS) is 15.6. The van der Waals surface area contributed by atoms with Gasteiger partial charge < -0.3 is 8.98 Å². The van der Waals surface area contributed by atoms with Crippen LogP contribution in [-0.2, 0) is 0 Å². The van der Waals surface area contributed by atoms with E-state index in [1.807, 2.05) is 72.8 Å². The van der Waals surface area contributed by atoms with Gasteiger partial charge in [0.1, 0.15) is 11.2 Å². The summed E-state index contributed by atoms with van der Waals surface area (Å²) in [7, 11) is 0. The molecule has 0 aliphatic rings. The van der Waals surface area contributed by atoms with Gasteiger partial charge in [0.2, 0.25) is 0 Å². The summed E-state index contributed by atoms with van der Waals surface area (Å²) < 4.78 is 149. The van der Waals surface area contributed by atoms with Crippen LogP contribution in [0, 0.1) is 0 Å². The van der Waals surface area contributed by atoms with Crippen LogP contribution in [-0.4, -0.2) is 19.5 Å². The number of aromatic nitrogens is 4. The van der Waals surface area contributed by atoms with Crippen molar-refractivity contribution in [2.75, 3.05) is 0 Å². The van der Waals surface area contributed by atoms with Crippen molar-refractivity contribution >= 4 is 43.7 Å². The average Bonchev–Trinajstić information content (AvgIpc) is 3.95. The van der Waals surface area contributed by atoms with E-state index in [0.29, 0.717) is 28.4 Å². The van der Waals surface area contributed by atoms with Crippen LogP contribution in [0.15, 0.2) is 198 Å². The van der Waals surface area contributed by atoms with E-state index < -0.39 is 119 Å². The molecular weight excluding hydrogens is 685 g/mol. The Balaban J connectivity index is 1.12. The third kappa shape index (κ3) is 5.45. The Morgan fingerprint density at radius 3 is 1.79 bits per heavy atom. The van der Waals surface area contributed by atoms with Gasteiger partial charge >= 0.3 is 0 Å². The lowest BCUT2D eigenvalue weighted by Crippen LogP contribution is -2.00. The monoisotopic (exact) mass is 732 g/mol. The van der Waals surface area contributed by atoms with E-state index in [2.05, 4.69) is 0 Å². The highest BCUT2D eigenvalue weighted by atomic mass is 16.3. The molecule has 11 aromatic rings. The highest BCUT2D eigenvalue weighted by Gasteiger charge is 2.16. The van der Waals surface area contributed by atoms with Crippen LogP contribution in [0.1, 0.15) is 21.9 Å². The topological polar surface area (TPSA) is 56.7 Å². The van der Waals surface area contributed by atoms with Gasteiger partial charge in [-0.25, -0.2) is 15.0 Å². The van der Waals surface area contributed by atoms with Crippen LogP contribution in [0.25, 0.3) is 106 Å².